The highest BCUT2D eigenvalue weighted by Crippen LogP contribution is 2.33. The summed E-state index contributed by atoms with van der Waals surface area (Å²) in [6, 6.07) is 7.83. The number of anilines is 1. The second-order valence-electron chi connectivity index (χ2n) is 6.06. The minimum Gasteiger partial charge on any atom is -0.311 e. The first-order valence-electron chi connectivity index (χ1n) is 8.12. The Kier molecular flexibility index (Phi) is 4.44. The number of nitro benzene ring substituents is 1. The third-order valence-corrected chi connectivity index (χ3v) is 6.59. The van der Waals surface area contributed by atoms with Gasteiger partial charge in [-0.1, -0.05) is 17.8 Å². The van der Waals surface area contributed by atoms with E-state index in [0.29, 0.717) is 34.0 Å². The zero-order valence-corrected chi connectivity index (χ0v) is 15.8. The topological polar surface area (TPSA) is 98.3 Å². The molecule has 1 fully saturated rings. The van der Waals surface area contributed by atoms with E-state index >= 15 is 0 Å². The number of hydrogen-bond acceptors (Lipinski definition) is 7. The molecule has 1 aliphatic rings. The number of benzene rings is 1. The third kappa shape index (κ3) is 3.10. The SMILES string of the molecule is Cn1c(SC2CCN(c3cccc([N+](=O)[O-])c3)C2=O)nc2ccsc2c1=O. The third-order valence-electron chi connectivity index (χ3n) is 4.40. The monoisotopic (exact) mass is 402 g/mol. The van der Waals surface area contributed by atoms with Crippen molar-refractivity contribution in [3.63, 3.8) is 0 Å². The van der Waals surface area contributed by atoms with Crippen LogP contribution >= 0.6 is 23.1 Å². The lowest BCUT2D eigenvalue weighted by Crippen LogP contribution is -2.28. The highest BCUT2D eigenvalue weighted by atomic mass is 32.2. The molecule has 1 amide bonds. The van der Waals surface area contributed by atoms with Gasteiger partial charge in [0.15, 0.2) is 5.16 Å². The second kappa shape index (κ2) is 6.78. The lowest BCUT2D eigenvalue weighted by Gasteiger charge is -2.16. The molecule has 0 N–H and O–H groups in total. The molecule has 1 aliphatic heterocycles. The zero-order chi connectivity index (χ0) is 19.1. The van der Waals surface area contributed by atoms with Crippen LogP contribution in [0, 0.1) is 10.1 Å². The van der Waals surface area contributed by atoms with Crippen molar-refractivity contribution in [3.05, 3.63) is 56.2 Å². The van der Waals surface area contributed by atoms with E-state index in [-0.39, 0.29) is 17.2 Å². The van der Waals surface area contributed by atoms with Crippen LogP contribution in [-0.2, 0) is 11.8 Å². The van der Waals surface area contributed by atoms with Crippen molar-refractivity contribution in [2.45, 2.75) is 16.8 Å². The van der Waals surface area contributed by atoms with E-state index in [2.05, 4.69) is 4.98 Å². The molecule has 0 saturated carbocycles. The number of thiophene rings is 1. The summed E-state index contributed by atoms with van der Waals surface area (Å²) < 4.78 is 2.06. The summed E-state index contributed by atoms with van der Waals surface area (Å²) >= 11 is 2.60. The average molecular weight is 402 g/mol. The fourth-order valence-electron chi connectivity index (χ4n) is 2.99. The standard InChI is InChI=1S/C17H14N4O4S2/c1-19-16(23)14-12(6-8-26-14)18-17(19)27-13-5-7-20(15(13)22)10-3-2-4-11(9-10)21(24)25/h2-4,6,8-9,13H,5,7H2,1H3. The predicted octanol–water partition coefficient (Wildman–Crippen LogP) is 2.80. The maximum Gasteiger partial charge on any atom is 0.271 e. The number of hydrogen-bond donors (Lipinski definition) is 0. The van der Waals surface area contributed by atoms with Gasteiger partial charge in [-0.2, -0.15) is 0 Å². The van der Waals surface area contributed by atoms with Gasteiger partial charge in [-0.15, -0.1) is 11.3 Å². The van der Waals surface area contributed by atoms with Gasteiger partial charge in [0.1, 0.15) is 4.70 Å². The molecule has 8 nitrogen and oxygen atoms in total. The Morgan fingerprint density at radius 3 is 2.93 bits per heavy atom. The normalized spacial score (nSPS) is 17.0. The Hall–Kier alpha value is -2.72. The number of carbonyl (C=O) groups is 1. The number of rotatable bonds is 4. The number of fused-ring (bicyclic) bond motifs is 1. The van der Waals surface area contributed by atoms with Gasteiger partial charge in [0.05, 0.1) is 21.4 Å². The zero-order valence-electron chi connectivity index (χ0n) is 14.2. The van der Waals surface area contributed by atoms with E-state index in [1.165, 1.54) is 39.8 Å². The predicted molar refractivity (Wildman–Crippen MR) is 105 cm³/mol. The van der Waals surface area contributed by atoms with Gasteiger partial charge in [0, 0.05) is 25.7 Å². The van der Waals surface area contributed by atoms with Gasteiger partial charge in [-0.3, -0.25) is 24.3 Å². The molecule has 2 aromatic heterocycles. The van der Waals surface area contributed by atoms with Crippen molar-refractivity contribution in [1.82, 2.24) is 9.55 Å². The lowest BCUT2D eigenvalue weighted by atomic mass is 10.2. The number of aromatic nitrogens is 2. The van der Waals surface area contributed by atoms with Crippen molar-refractivity contribution in [2.24, 2.45) is 7.05 Å². The maximum absolute atomic E-state index is 12.8. The van der Waals surface area contributed by atoms with E-state index in [0.717, 1.165) is 0 Å². The van der Waals surface area contributed by atoms with Crippen molar-refractivity contribution in [2.75, 3.05) is 11.4 Å². The Morgan fingerprint density at radius 1 is 1.33 bits per heavy atom. The number of amides is 1. The lowest BCUT2D eigenvalue weighted by molar-refractivity contribution is -0.384. The molecule has 1 unspecified atom stereocenters. The van der Waals surface area contributed by atoms with Crippen LogP contribution in [0.3, 0.4) is 0 Å². The van der Waals surface area contributed by atoms with Crippen molar-refractivity contribution in [1.29, 1.82) is 0 Å². The molecule has 4 rings (SSSR count). The van der Waals surface area contributed by atoms with Gasteiger partial charge >= 0.3 is 0 Å². The molecule has 27 heavy (non-hydrogen) atoms. The summed E-state index contributed by atoms with van der Waals surface area (Å²) in [6.07, 6.45) is 0.573. The quantitative estimate of drug-likeness (QED) is 0.378. The van der Waals surface area contributed by atoms with E-state index < -0.39 is 10.2 Å². The highest BCUT2D eigenvalue weighted by molar-refractivity contribution is 8.00. The fraction of sp³-hybridized carbons (Fsp3) is 0.235. The van der Waals surface area contributed by atoms with E-state index in [9.17, 15) is 19.7 Å². The molecular formula is C17H14N4O4S2. The fourth-order valence-corrected chi connectivity index (χ4v) is 4.90. The molecule has 3 aromatic rings. The Balaban J connectivity index is 1.60. The Labute approximate surface area is 161 Å². The van der Waals surface area contributed by atoms with Crippen molar-refractivity contribution < 1.29 is 9.72 Å². The number of nitrogens with zero attached hydrogens (tertiary/aromatic N) is 4. The first kappa shape index (κ1) is 17.7. The Bertz CT molecular complexity index is 1120. The van der Waals surface area contributed by atoms with Crippen LogP contribution in [-0.4, -0.2) is 32.2 Å². The minimum atomic E-state index is -0.480. The van der Waals surface area contributed by atoms with Crippen LogP contribution in [0.5, 0.6) is 0 Å². The van der Waals surface area contributed by atoms with Crippen LogP contribution in [0.2, 0.25) is 0 Å². The summed E-state index contributed by atoms with van der Waals surface area (Å²) in [5, 5.41) is 12.9. The molecule has 138 valence electrons. The molecule has 1 atom stereocenters. The minimum absolute atomic E-state index is 0.0524. The van der Waals surface area contributed by atoms with Gasteiger partial charge in [-0.05, 0) is 23.9 Å². The number of thioether (sulfide) groups is 1. The second-order valence-corrected chi connectivity index (χ2v) is 8.14. The first-order valence-corrected chi connectivity index (χ1v) is 9.88. The molecule has 10 heteroatoms. The summed E-state index contributed by atoms with van der Waals surface area (Å²) in [5.41, 5.74) is 0.959. The molecule has 1 saturated heterocycles. The van der Waals surface area contributed by atoms with Crippen molar-refractivity contribution in [3.8, 4) is 0 Å². The highest BCUT2D eigenvalue weighted by Gasteiger charge is 2.34. The summed E-state index contributed by atoms with van der Waals surface area (Å²) in [7, 11) is 1.65. The number of non-ortho nitro benzene ring substituents is 1. The van der Waals surface area contributed by atoms with Crippen LogP contribution in [0.15, 0.2) is 45.7 Å². The van der Waals surface area contributed by atoms with E-state index in [1.54, 1.807) is 30.1 Å². The summed E-state index contributed by atoms with van der Waals surface area (Å²) in [5.74, 6) is -0.139. The molecule has 0 bridgehead atoms. The van der Waals surface area contributed by atoms with Gasteiger partial charge in [0.2, 0.25) is 5.91 Å². The van der Waals surface area contributed by atoms with E-state index in [1.807, 2.05) is 5.38 Å². The first-order chi connectivity index (χ1) is 13.0. The summed E-state index contributed by atoms with van der Waals surface area (Å²) in [6.45, 7) is 0.465. The molecule has 0 aliphatic carbocycles. The van der Waals surface area contributed by atoms with Crippen LogP contribution < -0.4 is 10.5 Å². The molecule has 0 radical (unpaired) electrons. The largest absolute Gasteiger partial charge is 0.311 e. The molecule has 0 spiro atoms. The summed E-state index contributed by atoms with van der Waals surface area (Å²) in [4.78, 5) is 41.8. The van der Waals surface area contributed by atoms with Crippen LogP contribution in [0.4, 0.5) is 11.4 Å². The molecule has 3 heterocycles. The number of carbonyl (C=O) groups excluding carboxylic acids is 1. The molecular weight excluding hydrogens is 388 g/mol. The molecule has 1 aromatic carbocycles. The number of nitro groups is 1. The van der Waals surface area contributed by atoms with Gasteiger partial charge < -0.3 is 4.90 Å². The van der Waals surface area contributed by atoms with Crippen LogP contribution in [0.1, 0.15) is 6.42 Å². The maximum atomic E-state index is 12.8. The van der Waals surface area contributed by atoms with Crippen LogP contribution in [0.25, 0.3) is 10.2 Å². The van der Waals surface area contributed by atoms with Gasteiger partial charge in [-0.25, -0.2) is 4.98 Å². The van der Waals surface area contributed by atoms with Crippen molar-refractivity contribution >= 4 is 50.6 Å². The smallest absolute Gasteiger partial charge is 0.271 e. The Morgan fingerprint density at radius 2 is 2.15 bits per heavy atom. The van der Waals surface area contributed by atoms with Gasteiger partial charge in [0.25, 0.3) is 11.2 Å². The average Bonchev–Trinajstić information content (AvgIpc) is 3.27. The van der Waals surface area contributed by atoms with E-state index in [4.69, 9.17) is 0 Å².